The highest BCUT2D eigenvalue weighted by molar-refractivity contribution is 5.69. The smallest absolute Gasteiger partial charge is 0.407 e. The molecule has 0 heterocycles. The van der Waals surface area contributed by atoms with E-state index in [1.165, 1.54) is 19.3 Å². The van der Waals surface area contributed by atoms with Crippen LogP contribution in [-0.2, 0) is 56.9 Å². The Morgan fingerprint density at radius 1 is 0.468 bits per heavy atom. The van der Waals surface area contributed by atoms with Gasteiger partial charge in [0, 0.05) is 13.0 Å². The van der Waals surface area contributed by atoms with Crippen LogP contribution in [0.15, 0.2) is 0 Å². The molecule has 0 rings (SSSR count). The lowest BCUT2D eigenvalue weighted by molar-refractivity contribution is -0.145. The standard InChI is InChI=1S/C33H65NO13/c1-5-6-7-8-9-10-31(35)46-30-29-45-28-27-44-26-25-43-24-23-42-22-21-41-20-19-40-18-17-39-16-15-38-14-13-37-12-11-34-32(36)47-33(2,3)4/h5-30H2,1-4H3,(H,34,36). The Balaban J connectivity index is 3.14. The number of esters is 1. The third-order valence-corrected chi connectivity index (χ3v) is 5.87. The van der Waals surface area contributed by atoms with Crippen molar-refractivity contribution < 1.29 is 61.7 Å². The van der Waals surface area contributed by atoms with Gasteiger partial charge in [0.15, 0.2) is 0 Å². The lowest BCUT2D eigenvalue weighted by atomic mass is 10.1. The molecule has 14 heteroatoms. The zero-order valence-corrected chi connectivity index (χ0v) is 29.7. The summed E-state index contributed by atoms with van der Waals surface area (Å²) in [6.07, 6.45) is 5.60. The van der Waals surface area contributed by atoms with Crippen LogP contribution in [0.25, 0.3) is 0 Å². The maximum Gasteiger partial charge on any atom is 0.407 e. The van der Waals surface area contributed by atoms with Crippen molar-refractivity contribution in [1.29, 1.82) is 0 Å². The number of nitrogens with one attached hydrogen (secondary N) is 1. The molecular weight excluding hydrogens is 618 g/mol. The van der Waals surface area contributed by atoms with E-state index >= 15 is 0 Å². The number of carbonyl (C=O) groups is 2. The van der Waals surface area contributed by atoms with Crippen molar-refractivity contribution in [3.05, 3.63) is 0 Å². The van der Waals surface area contributed by atoms with Gasteiger partial charge in [-0.15, -0.1) is 0 Å². The molecule has 47 heavy (non-hydrogen) atoms. The summed E-state index contributed by atoms with van der Waals surface area (Å²) in [4.78, 5) is 23.1. The van der Waals surface area contributed by atoms with Crippen LogP contribution in [0, 0.1) is 0 Å². The van der Waals surface area contributed by atoms with Crippen LogP contribution in [0.1, 0.15) is 66.2 Å². The number of carbonyl (C=O) groups excluding carboxylic acids is 2. The van der Waals surface area contributed by atoms with Crippen LogP contribution >= 0.6 is 0 Å². The molecule has 0 bridgehead atoms. The van der Waals surface area contributed by atoms with Gasteiger partial charge < -0.3 is 57.4 Å². The van der Waals surface area contributed by atoms with Gasteiger partial charge in [-0.05, 0) is 27.2 Å². The van der Waals surface area contributed by atoms with E-state index in [1.54, 1.807) is 0 Å². The molecule has 0 fully saturated rings. The molecule has 0 saturated carbocycles. The molecule has 0 aliphatic heterocycles. The molecule has 0 aliphatic carbocycles. The second kappa shape index (κ2) is 35.7. The summed E-state index contributed by atoms with van der Waals surface area (Å²) in [5, 5.41) is 2.63. The van der Waals surface area contributed by atoms with Crippen molar-refractivity contribution in [1.82, 2.24) is 5.32 Å². The third kappa shape index (κ3) is 40.5. The van der Waals surface area contributed by atoms with Gasteiger partial charge in [0.1, 0.15) is 12.2 Å². The zero-order valence-electron chi connectivity index (χ0n) is 29.7. The topological polar surface area (TPSA) is 148 Å². The second-order valence-corrected chi connectivity index (χ2v) is 11.3. The highest BCUT2D eigenvalue weighted by Crippen LogP contribution is 2.06. The molecule has 0 spiro atoms. The molecule has 0 saturated heterocycles. The number of ether oxygens (including phenoxy) is 11. The summed E-state index contributed by atoms with van der Waals surface area (Å²) in [6.45, 7) is 16.6. The Bertz CT molecular complexity index is 679. The first-order chi connectivity index (χ1) is 22.8. The van der Waals surface area contributed by atoms with E-state index < -0.39 is 11.7 Å². The largest absolute Gasteiger partial charge is 0.463 e. The first kappa shape index (κ1) is 45.4. The predicted octanol–water partition coefficient (Wildman–Crippen LogP) is 3.56. The molecular formula is C33H65NO13. The van der Waals surface area contributed by atoms with E-state index in [1.807, 2.05) is 20.8 Å². The summed E-state index contributed by atoms with van der Waals surface area (Å²) in [5.41, 5.74) is -0.513. The summed E-state index contributed by atoms with van der Waals surface area (Å²) < 4.78 is 59.3. The molecule has 0 aromatic carbocycles. The van der Waals surface area contributed by atoms with Gasteiger partial charge in [-0.25, -0.2) is 4.79 Å². The summed E-state index contributed by atoms with van der Waals surface area (Å²) >= 11 is 0. The Kier molecular flexibility index (Phi) is 34.5. The van der Waals surface area contributed by atoms with Crippen LogP contribution in [0.2, 0.25) is 0 Å². The third-order valence-electron chi connectivity index (χ3n) is 5.87. The van der Waals surface area contributed by atoms with Crippen molar-refractivity contribution >= 4 is 12.1 Å². The van der Waals surface area contributed by atoms with Crippen LogP contribution in [0.3, 0.4) is 0 Å². The minimum atomic E-state index is -0.513. The minimum Gasteiger partial charge on any atom is -0.463 e. The number of hydrogen-bond acceptors (Lipinski definition) is 13. The monoisotopic (exact) mass is 683 g/mol. The van der Waals surface area contributed by atoms with E-state index in [2.05, 4.69) is 12.2 Å². The Labute approximate surface area is 283 Å². The molecule has 0 aliphatic rings. The molecule has 14 nitrogen and oxygen atoms in total. The molecule has 0 atom stereocenters. The maximum atomic E-state index is 11.6. The second-order valence-electron chi connectivity index (χ2n) is 11.3. The van der Waals surface area contributed by atoms with E-state index in [0.29, 0.717) is 132 Å². The van der Waals surface area contributed by atoms with Crippen molar-refractivity contribution in [2.45, 2.75) is 71.8 Å². The summed E-state index contributed by atoms with van der Waals surface area (Å²) in [5.74, 6) is -0.151. The summed E-state index contributed by atoms with van der Waals surface area (Å²) in [6, 6.07) is 0. The number of alkyl carbamates (subject to hydrolysis) is 1. The molecule has 0 radical (unpaired) electrons. The van der Waals surface area contributed by atoms with Gasteiger partial charge >= 0.3 is 12.1 Å². The van der Waals surface area contributed by atoms with E-state index in [9.17, 15) is 9.59 Å². The van der Waals surface area contributed by atoms with E-state index in [0.717, 1.165) is 12.8 Å². The Morgan fingerprint density at radius 3 is 1.17 bits per heavy atom. The van der Waals surface area contributed by atoms with Gasteiger partial charge in [-0.2, -0.15) is 0 Å². The molecule has 0 aromatic heterocycles. The van der Waals surface area contributed by atoms with Crippen LogP contribution in [-0.4, -0.2) is 150 Å². The maximum absolute atomic E-state index is 11.6. The molecule has 0 unspecified atom stereocenters. The van der Waals surface area contributed by atoms with Crippen LogP contribution in [0.4, 0.5) is 4.79 Å². The van der Waals surface area contributed by atoms with Crippen LogP contribution in [0.5, 0.6) is 0 Å². The first-order valence-electron chi connectivity index (χ1n) is 17.2. The van der Waals surface area contributed by atoms with Crippen molar-refractivity contribution in [2.24, 2.45) is 0 Å². The normalized spacial score (nSPS) is 11.6. The van der Waals surface area contributed by atoms with E-state index in [-0.39, 0.29) is 12.6 Å². The zero-order chi connectivity index (χ0) is 34.5. The SMILES string of the molecule is CCCCCCCC(=O)OCCOCCOCCOCCOCCOCCOCCOCCOCCOCCNC(=O)OC(C)(C)C. The molecule has 1 N–H and O–H groups in total. The Morgan fingerprint density at radius 2 is 0.809 bits per heavy atom. The number of rotatable bonds is 36. The fourth-order valence-corrected chi connectivity index (χ4v) is 3.56. The van der Waals surface area contributed by atoms with Gasteiger partial charge in [0.2, 0.25) is 0 Å². The summed E-state index contributed by atoms with van der Waals surface area (Å²) in [7, 11) is 0. The van der Waals surface area contributed by atoms with E-state index in [4.69, 9.17) is 52.1 Å². The Hall–Kier alpha value is -1.62. The predicted molar refractivity (Wildman–Crippen MR) is 176 cm³/mol. The molecule has 280 valence electrons. The molecule has 0 aromatic rings. The average Bonchev–Trinajstić information content (AvgIpc) is 3.02. The van der Waals surface area contributed by atoms with Gasteiger partial charge in [0.25, 0.3) is 0 Å². The fraction of sp³-hybridized carbons (Fsp3) is 0.939. The number of unbranched alkanes of at least 4 members (excludes halogenated alkanes) is 4. The fourth-order valence-electron chi connectivity index (χ4n) is 3.56. The van der Waals surface area contributed by atoms with Crippen LogP contribution < -0.4 is 5.32 Å². The van der Waals surface area contributed by atoms with Crippen molar-refractivity contribution in [3.8, 4) is 0 Å². The first-order valence-corrected chi connectivity index (χ1v) is 17.2. The lowest BCUT2D eigenvalue weighted by Crippen LogP contribution is -2.34. The van der Waals surface area contributed by atoms with Gasteiger partial charge in [-0.3, -0.25) is 4.79 Å². The highest BCUT2D eigenvalue weighted by Gasteiger charge is 2.15. The van der Waals surface area contributed by atoms with Crippen molar-refractivity contribution in [3.63, 3.8) is 0 Å². The average molecular weight is 684 g/mol. The van der Waals surface area contributed by atoms with Gasteiger partial charge in [-0.1, -0.05) is 32.6 Å². The van der Waals surface area contributed by atoms with Crippen molar-refractivity contribution in [2.75, 3.05) is 132 Å². The number of hydrogen-bond donors (Lipinski definition) is 1. The number of amides is 1. The highest BCUT2D eigenvalue weighted by atomic mass is 16.6. The van der Waals surface area contributed by atoms with Gasteiger partial charge in [0.05, 0.1) is 119 Å². The quantitative estimate of drug-likeness (QED) is 0.0759. The minimum absolute atomic E-state index is 0.151. The lowest BCUT2D eigenvalue weighted by Gasteiger charge is -2.19. The molecule has 1 amide bonds.